The molecule has 9 nitrogen and oxygen atoms in total. The summed E-state index contributed by atoms with van der Waals surface area (Å²) >= 11 is 6.08. The molecule has 0 bridgehead atoms. The van der Waals surface area contributed by atoms with Crippen LogP contribution in [0, 0.1) is 0 Å². The molecule has 0 spiro atoms. The van der Waals surface area contributed by atoms with Crippen LogP contribution in [0.1, 0.15) is 28.9 Å². The number of carboxylic acid groups (broad SMARTS) is 1. The highest BCUT2D eigenvalue weighted by Crippen LogP contribution is 2.56. The fraction of sp³-hybridized carbons (Fsp3) is 0.364. The van der Waals surface area contributed by atoms with E-state index in [4.69, 9.17) is 11.6 Å². The van der Waals surface area contributed by atoms with Crippen molar-refractivity contribution in [3.8, 4) is 22.7 Å². The number of carbonyl (C=O) groups is 2. The molecule has 41 heavy (non-hydrogen) atoms. The van der Waals surface area contributed by atoms with Gasteiger partial charge in [0.1, 0.15) is 0 Å². The molecule has 1 saturated carbocycles. The molecule has 2 aromatic heterocycles. The number of aryl methyl sites for hydroxylation is 1. The predicted octanol–water partition coefficient (Wildman–Crippen LogP) is 6.10. The number of ether oxygens (including phenoxy) is 1. The summed E-state index contributed by atoms with van der Waals surface area (Å²) in [5, 5.41) is 15.9. The third kappa shape index (κ3) is 5.27. The highest BCUT2D eigenvalue weighted by molar-refractivity contribution is 6.34. The molecule has 2 amide bonds. The Hall–Kier alpha value is -3.96. The van der Waals surface area contributed by atoms with Crippen molar-refractivity contribution in [2.75, 3.05) is 0 Å². The first kappa shape index (κ1) is 30.0. The number of amides is 2. The van der Waals surface area contributed by atoms with E-state index in [0.717, 1.165) is 25.5 Å². The zero-order valence-electron chi connectivity index (χ0n) is 20.1. The Morgan fingerprint density at radius 1 is 1.10 bits per heavy atom. The van der Waals surface area contributed by atoms with Crippen molar-refractivity contribution in [1.29, 1.82) is 0 Å². The maximum Gasteiger partial charge on any atom is 0.437 e. The molecule has 4 rings (SSSR count). The third-order valence-electron chi connectivity index (χ3n) is 5.96. The summed E-state index contributed by atoms with van der Waals surface area (Å²) < 4.78 is 126. The SMILES string of the molecule is Cn1nc(C(F)(C(F)(F)F)C(F)(F)F)c(OC(F)F)c1-n1cc(-c2ccc(Cl)c(C(=O)N(C(=O)O)C3CC3)c2)cn1. The lowest BCUT2D eigenvalue weighted by Gasteiger charge is -2.28. The van der Waals surface area contributed by atoms with Crippen LogP contribution < -0.4 is 4.74 Å². The van der Waals surface area contributed by atoms with E-state index in [1.54, 1.807) is 0 Å². The smallest absolute Gasteiger partial charge is 0.437 e. The second kappa shape index (κ2) is 10.1. The van der Waals surface area contributed by atoms with Crippen molar-refractivity contribution >= 4 is 23.6 Å². The summed E-state index contributed by atoms with van der Waals surface area (Å²) in [6.45, 7) is -3.99. The van der Waals surface area contributed by atoms with E-state index in [-0.39, 0.29) is 26.4 Å². The summed E-state index contributed by atoms with van der Waals surface area (Å²) in [5.74, 6) is -3.87. The Labute approximate surface area is 227 Å². The lowest BCUT2D eigenvalue weighted by molar-refractivity contribution is -0.350. The van der Waals surface area contributed by atoms with Crippen molar-refractivity contribution in [2.24, 2.45) is 7.05 Å². The molecule has 1 N–H and O–H groups in total. The lowest BCUT2D eigenvalue weighted by Crippen LogP contribution is -2.51. The van der Waals surface area contributed by atoms with Crippen LogP contribution in [0.3, 0.4) is 0 Å². The van der Waals surface area contributed by atoms with Crippen molar-refractivity contribution < 1.29 is 58.9 Å². The molecule has 1 aliphatic rings. The number of aromatic nitrogens is 4. The number of hydrogen-bond donors (Lipinski definition) is 1. The second-order valence-electron chi connectivity index (χ2n) is 8.71. The standard InChI is InChI=1S/C22H15ClF9N5O4/c1-35-16(14(41-18(24)25)15(34-35)20(26,21(27,28)29)22(30,31)32)36-8-10(7-33-36)9-2-5-13(23)12(6-9)17(38)37(19(39)40)11-3-4-11/h2,5-8,11,18H,3-4H2,1H3,(H,39,40). The van der Waals surface area contributed by atoms with Gasteiger partial charge in [-0.1, -0.05) is 17.7 Å². The fourth-order valence-corrected chi connectivity index (χ4v) is 4.13. The topological polar surface area (TPSA) is 102 Å². The summed E-state index contributed by atoms with van der Waals surface area (Å²) in [4.78, 5) is 25.0. The van der Waals surface area contributed by atoms with Crippen LogP contribution in [-0.2, 0) is 12.7 Å². The van der Waals surface area contributed by atoms with Gasteiger partial charge in [-0.15, -0.1) is 0 Å². The molecule has 0 atom stereocenters. The molecule has 222 valence electrons. The zero-order valence-corrected chi connectivity index (χ0v) is 20.9. The Bertz CT molecular complexity index is 1480. The number of benzene rings is 1. The lowest BCUT2D eigenvalue weighted by atomic mass is 9.99. The van der Waals surface area contributed by atoms with Crippen LogP contribution >= 0.6 is 11.6 Å². The molecular weight excluding hydrogens is 605 g/mol. The Morgan fingerprint density at radius 3 is 2.22 bits per heavy atom. The van der Waals surface area contributed by atoms with E-state index in [0.29, 0.717) is 22.4 Å². The van der Waals surface area contributed by atoms with Crippen LogP contribution in [0.25, 0.3) is 16.9 Å². The van der Waals surface area contributed by atoms with Crippen molar-refractivity contribution in [3.63, 3.8) is 0 Å². The normalized spacial score (nSPS) is 14.4. The molecule has 0 radical (unpaired) electrons. The highest BCUT2D eigenvalue weighted by Gasteiger charge is 2.76. The average Bonchev–Trinajstić information content (AvgIpc) is 3.45. The summed E-state index contributed by atoms with van der Waals surface area (Å²) in [7, 11) is 0.739. The number of rotatable bonds is 7. The number of hydrogen-bond acceptors (Lipinski definition) is 5. The van der Waals surface area contributed by atoms with Crippen molar-refractivity contribution in [2.45, 2.75) is 43.5 Å². The third-order valence-corrected chi connectivity index (χ3v) is 6.29. The van der Waals surface area contributed by atoms with Crippen LogP contribution in [0.5, 0.6) is 5.75 Å². The largest absolute Gasteiger partial charge is 0.465 e. The van der Waals surface area contributed by atoms with Gasteiger partial charge in [0, 0.05) is 24.8 Å². The summed E-state index contributed by atoms with van der Waals surface area (Å²) in [6, 6.07) is 3.13. The molecule has 1 aliphatic carbocycles. The van der Waals surface area contributed by atoms with Gasteiger partial charge in [-0.3, -0.25) is 4.79 Å². The van der Waals surface area contributed by atoms with Crippen LogP contribution in [0.15, 0.2) is 30.6 Å². The minimum atomic E-state index is -6.68. The molecule has 1 fully saturated rings. The molecule has 19 heteroatoms. The van der Waals surface area contributed by atoms with E-state index in [2.05, 4.69) is 14.9 Å². The molecule has 0 unspecified atom stereocenters. The van der Waals surface area contributed by atoms with Crippen molar-refractivity contribution in [3.05, 3.63) is 46.9 Å². The zero-order chi connectivity index (χ0) is 30.7. The first-order valence-corrected chi connectivity index (χ1v) is 11.5. The average molecular weight is 620 g/mol. The van der Waals surface area contributed by atoms with Crippen LogP contribution in [-0.4, -0.2) is 66.6 Å². The van der Waals surface area contributed by atoms with E-state index >= 15 is 0 Å². The van der Waals surface area contributed by atoms with Gasteiger partial charge < -0.3 is 9.84 Å². The van der Waals surface area contributed by atoms with E-state index in [9.17, 15) is 54.2 Å². The maximum atomic E-state index is 14.8. The predicted molar refractivity (Wildman–Crippen MR) is 120 cm³/mol. The maximum absolute atomic E-state index is 14.8. The van der Waals surface area contributed by atoms with Gasteiger partial charge in [0.2, 0.25) is 0 Å². The van der Waals surface area contributed by atoms with Gasteiger partial charge in [0.05, 0.1) is 16.8 Å². The first-order chi connectivity index (χ1) is 18.9. The van der Waals surface area contributed by atoms with Crippen LogP contribution in [0.2, 0.25) is 5.02 Å². The highest BCUT2D eigenvalue weighted by atomic mass is 35.5. The number of imide groups is 1. The van der Waals surface area contributed by atoms with Gasteiger partial charge >= 0.3 is 30.7 Å². The molecule has 2 heterocycles. The molecule has 1 aromatic carbocycles. The molecule has 0 aliphatic heterocycles. The van der Waals surface area contributed by atoms with E-state index < -0.39 is 59.9 Å². The molecule has 3 aromatic rings. The van der Waals surface area contributed by atoms with Crippen LogP contribution in [0.4, 0.5) is 44.3 Å². The minimum absolute atomic E-state index is 0.00733. The van der Waals surface area contributed by atoms with E-state index in [1.807, 2.05) is 0 Å². The first-order valence-electron chi connectivity index (χ1n) is 11.1. The second-order valence-corrected chi connectivity index (χ2v) is 9.12. The van der Waals surface area contributed by atoms with Gasteiger partial charge in [-0.05, 0) is 30.5 Å². The van der Waals surface area contributed by atoms with Gasteiger partial charge in [0.15, 0.2) is 17.3 Å². The number of alkyl halides is 9. The minimum Gasteiger partial charge on any atom is -0.465 e. The molecular formula is C22H15ClF9N5O4. The van der Waals surface area contributed by atoms with Gasteiger partial charge in [-0.25, -0.2) is 23.4 Å². The van der Waals surface area contributed by atoms with Crippen molar-refractivity contribution in [1.82, 2.24) is 24.5 Å². The number of nitrogens with zero attached hydrogens (tertiary/aromatic N) is 5. The Balaban J connectivity index is 1.82. The Morgan fingerprint density at radius 2 is 1.71 bits per heavy atom. The number of halogens is 10. The fourth-order valence-electron chi connectivity index (χ4n) is 3.93. The summed E-state index contributed by atoms with van der Waals surface area (Å²) in [6.07, 6.45) is -12.1. The van der Waals surface area contributed by atoms with E-state index in [1.165, 1.54) is 12.1 Å². The number of carbonyl (C=O) groups excluding carboxylic acids is 1. The Kier molecular flexibility index (Phi) is 7.43. The van der Waals surface area contributed by atoms with Gasteiger partial charge in [0.25, 0.3) is 5.91 Å². The van der Waals surface area contributed by atoms with Gasteiger partial charge in [-0.2, -0.15) is 45.3 Å². The summed E-state index contributed by atoms with van der Waals surface area (Å²) in [5.41, 5.74) is -8.87. The molecule has 0 saturated heterocycles. The quantitative estimate of drug-likeness (QED) is 0.321. The monoisotopic (exact) mass is 619 g/mol.